The Morgan fingerprint density at radius 3 is 1.88 bits per heavy atom. The third kappa shape index (κ3) is 2.93. The number of aliphatic carboxylic acids is 1. The molecule has 0 unspecified atom stereocenters. The summed E-state index contributed by atoms with van der Waals surface area (Å²) in [5.41, 5.74) is 3.04. The van der Waals surface area contributed by atoms with E-state index in [0.717, 1.165) is 22.3 Å². The summed E-state index contributed by atoms with van der Waals surface area (Å²) in [6.07, 6.45) is 0.176. The number of carbonyl (C=O) groups is 2. The molecule has 2 aromatic carbocycles. The molecule has 1 N–H and O–H groups in total. The molecule has 25 heavy (non-hydrogen) atoms. The Hall–Kier alpha value is -2.62. The van der Waals surface area contributed by atoms with Crippen molar-refractivity contribution in [1.29, 1.82) is 0 Å². The van der Waals surface area contributed by atoms with Gasteiger partial charge in [-0.1, -0.05) is 62.4 Å². The molecule has 4 nitrogen and oxygen atoms in total. The van der Waals surface area contributed by atoms with Crippen LogP contribution < -0.4 is 0 Å². The maximum atomic E-state index is 13.0. The zero-order valence-electron chi connectivity index (χ0n) is 14.5. The molecule has 0 saturated heterocycles. The van der Waals surface area contributed by atoms with Gasteiger partial charge < -0.3 is 9.84 Å². The van der Waals surface area contributed by atoms with Crippen molar-refractivity contribution in [1.82, 2.24) is 0 Å². The first-order chi connectivity index (χ1) is 12.0. The van der Waals surface area contributed by atoms with Gasteiger partial charge in [0.05, 0.1) is 11.8 Å². The zero-order chi connectivity index (χ0) is 18.0. The maximum absolute atomic E-state index is 13.0. The van der Waals surface area contributed by atoms with Gasteiger partial charge in [0.2, 0.25) is 0 Å². The molecular formula is C21H22O4. The number of fused-ring (bicyclic) bond motifs is 3. The van der Waals surface area contributed by atoms with E-state index in [1.807, 2.05) is 62.4 Å². The summed E-state index contributed by atoms with van der Waals surface area (Å²) in [7, 11) is 0. The van der Waals surface area contributed by atoms with Crippen LogP contribution in [0.2, 0.25) is 0 Å². The molecule has 0 amide bonds. The highest BCUT2D eigenvalue weighted by molar-refractivity contribution is 5.85. The lowest BCUT2D eigenvalue weighted by Gasteiger charge is -2.29. The van der Waals surface area contributed by atoms with Crippen molar-refractivity contribution in [2.75, 3.05) is 0 Å². The standard InChI is InChI=1S/C21H22O4/c1-3-21(4-2,13-18(22)23)20(24)25-19-16-11-7-5-9-14(16)15-10-6-8-12-17(15)19/h5-12,19H,3-4,13H2,1-2H3,(H,22,23). The van der Waals surface area contributed by atoms with Gasteiger partial charge in [0.1, 0.15) is 0 Å². The zero-order valence-corrected chi connectivity index (χ0v) is 14.5. The summed E-state index contributed by atoms with van der Waals surface area (Å²) in [6, 6.07) is 15.7. The first-order valence-electron chi connectivity index (χ1n) is 8.63. The average Bonchev–Trinajstić information content (AvgIpc) is 2.94. The van der Waals surface area contributed by atoms with Crippen molar-refractivity contribution in [2.45, 2.75) is 39.2 Å². The third-order valence-corrected chi connectivity index (χ3v) is 5.28. The summed E-state index contributed by atoms with van der Waals surface area (Å²) in [5, 5.41) is 9.23. The Kier molecular flexibility index (Phi) is 4.62. The van der Waals surface area contributed by atoms with Gasteiger partial charge >= 0.3 is 11.9 Å². The van der Waals surface area contributed by atoms with Gasteiger partial charge in [-0.3, -0.25) is 9.59 Å². The van der Waals surface area contributed by atoms with E-state index in [9.17, 15) is 14.7 Å². The number of carboxylic acids is 1. The predicted octanol–water partition coefficient (Wildman–Crippen LogP) is 4.58. The summed E-state index contributed by atoms with van der Waals surface area (Å²) < 4.78 is 5.91. The number of esters is 1. The van der Waals surface area contributed by atoms with Crippen LogP contribution in [0.5, 0.6) is 0 Å². The first-order valence-corrected chi connectivity index (χ1v) is 8.63. The SMILES string of the molecule is CCC(CC)(CC(=O)O)C(=O)OC1c2ccccc2-c2ccccc21. The molecule has 4 heteroatoms. The number of carboxylic acid groups (broad SMARTS) is 1. The van der Waals surface area contributed by atoms with Crippen LogP contribution in [0.1, 0.15) is 50.3 Å². The van der Waals surface area contributed by atoms with Crippen molar-refractivity contribution < 1.29 is 19.4 Å². The van der Waals surface area contributed by atoms with Crippen molar-refractivity contribution in [3.8, 4) is 11.1 Å². The lowest BCUT2D eigenvalue weighted by Crippen LogP contribution is -2.35. The lowest BCUT2D eigenvalue weighted by molar-refractivity contribution is -0.165. The van der Waals surface area contributed by atoms with E-state index >= 15 is 0 Å². The molecule has 0 radical (unpaired) electrons. The molecule has 0 fully saturated rings. The van der Waals surface area contributed by atoms with Gasteiger partial charge in [0.25, 0.3) is 0 Å². The number of hydrogen-bond acceptors (Lipinski definition) is 3. The monoisotopic (exact) mass is 338 g/mol. The summed E-state index contributed by atoms with van der Waals surface area (Å²) in [5.74, 6) is -1.41. The number of ether oxygens (including phenoxy) is 1. The van der Waals surface area contributed by atoms with Gasteiger partial charge in [-0.15, -0.1) is 0 Å². The molecule has 130 valence electrons. The molecule has 2 aromatic rings. The van der Waals surface area contributed by atoms with Gasteiger partial charge in [-0.25, -0.2) is 0 Å². The van der Waals surface area contributed by atoms with E-state index in [1.165, 1.54) is 0 Å². The van der Waals surface area contributed by atoms with Crippen LogP contribution >= 0.6 is 0 Å². The fourth-order valence-electron chi connectivity index (χ4n) is 3.62. The van der Waals surface area contributed by atoms with Crippen molar-refractivity contribution in [2.24, 2.45) is 5.41 Å². The van der Waals surface area contributed by atoms with E-state index in [4.69, 9.17) is 4.74 Å². The highest BCUT2D eigenvalue weighted by Crippen LogP contribution is 2.46. The lowest BCUT2D eigenvalue weighted by atomic mass is 9.79. The molecule has 0 aromatic heterocycles. The van der Waals surface area contributed by atoms with Crippen LogP contribution in [0.25, 0.3) is 11.1 Å². The molecule has 0 bridgehead atoms. The molecule has 1 aliphatic carbocycles. The van der Waals surface area contributed by atoms with Crippen LogP contribution in [0.15, 0.2) is 48.5 Å². The normalized spacial score (nSPS) is 13.2. The first kappa shape index (κ1) is 17.2. The third-order valence-electron chi connectivity index (χ3n) is 5.28. The Morgan fingerprint density at radius 2 is 1.44 bits per heavy atom. The quantitative estimate of drug-likeness (QED) is 0.783. The van der Waals surface area contributed by atoms with Crippen LogP contribution in [-0.4, -0.2) is 17.0 Å². The van der Waals surface area contributed by atoms with E-state index in [0.29, 0.717) is 12.8 Å². The minimum atomic E-state index is -0.988. The van der Waals surface area contributed by atoms with Crippen molar-refractivity contribution in [3.05, 3.63) is 59.7 Å². The van der Waals surface area contributed by atoms with Gasteiger partial charge in [0.15, 0.2) is 6.10 Å². The number of carbonyl (C=O) groups excluding carboxylic acids is 1. The molecule has 1 aliphatic rings. The number of rotatable bonds is 6. The second-order valence-electron chi connectivity index (χ2n) is 6.52. The summed E-state index contributed by atoms with van der Waals surface area (Å²) >= 11 is 0. The Morgan fingerprint density at radius 1 is 0.960 bits per heavy atom. The minimum Gasteiger partial charge on any atom is -0.481 e. The summed E-state index contributed by atoms with van der Waals surface area (Å²) in [4.78, 5) is 24.2. The summed E-state index contributed by atoms with van der Waals surface area (Å²) in [6.45, 7) is 3.68. The number of hydrogen-bond donors (Lipinski definition) is 1. The topological polar surface area (TPSA) is 63.6 Å². The smallest absolute Gasteiger partial charge is 0.313 e. The second-order valence-corrected chi connectivity index (χ2v) is 6.52. The van der Waals surface area contributed by atoms with E-state index < -0.39 is 23.5 Å². The average molecular weight is 338 g/mol. The van der Waals surface area contributed by atoms with Crippen LogP contribution in [-0.2, 0) is 14.3 Å². The second kappa shape index (κ2) is 6.71. The largest absolute Gasteiger partial charge is 0.481 e. The van der Waals surface area contributed by atoms with Crippen molar-refractivity contribution >= 4 is 11.9 Å². The van der Waals surface area contributed by atoms with Crippen molar-refractivity contribution in [3.63, 3.8) is 0 Å². The van der Waals surface area contributed by atoms with E-state index in [1.54, 1.807) is 0 Å². The molecular weight excluding hydrogens is 316 g/mol. The Labute approximate surface area is 147 Å². The fraction of sp³-hybridized carbons (Fsp3) is 0.333. The highest BCUT2D eigenvalue weighted by Gasteiger charge is 2.42. The maximum Gasteiger partial charge on any atom is 0.313 e. The molecule has 0 spiro atoms. The molecule has 3 rings (SSSR count). The van der Waals surface area contributed by atoms with Crippen LogP contribution in [0.3, 0.4) is 0 Å². The van der Waals surface area contributed by atoms with Crippen LogP contribution in [0, 0.1) is 5.41 Å². The fourth-order valence-corrected chi connectivity index (χ4v) is 3.62. The molecule has 0 heterocycles. The predicted molar refractivity (Wildman–Crippen MR) is 95.1 cm³/mol. The van der Waals surface area contributed by atoms with E-state index in [2.05, 4.69) is 0 Å². The Balaban J connectivity index is 1.97. The van der Waals surface area contributed by atoms with E-state index in [-0.39, 0.29) is 6.42 Å². The van der Waals surface area contributed by atoms with Gasteiger partial charge in [-0.2, -0.15) is 0 Å². The van der Waals surface area contributed by atoms with Crippen LogP contribution in [0.4, 0.5) is 0 Å². The number of benzene rings is 2. The Bertz CT molecular complexity index is 760. The van der Waals surface area contributed by atoms with Gasteiger partial charge in [0, 0.05) is 11.1 Å². The minimum absolute atomic E-state index is 0.213. The highest BCUT2D eigenvalue weighted by atomic mass is 16.5. The van der Waals surface area contributed by atoms with Gasteiger partial charge in [-0.05, 0) is 24.0 Å². The molecule has 0 saturated carbocycles. The molecule has 0 aliphatic heterocycles. The molecule has 0 atom stereocenters.